The molecule has 3 rings (SSSR count). The third-order valence-electron chi connectivity index (χ3n) is 4.72. The second-order valence-corrected chi connectivity index (χ2v) is 8.50. The summed E-state index contributed by atoms with van der Waals surface area (Å²) in [7, 11) is 0. The van der Waals surface area contributed by atoms with Crippen LogP contribution in [0.1, 0.15) is 45.6 Å². The van der Waals surface area contributed by atoms with E-state index in [9.17, 15) is 5.11 Å². The van der Waals surface area contributed by atoms with Gasteiger partial charge in [0.25, 0.3) is 0 Å². The predicted octanol–water partition coefficient (Wildman–Crippen LogP) is 4.42. The van der Waals surface area contributed by atoms with Gasteiger partial charge in [0.2, 0.25) is 0 Å². The molecular formula is C19H26BrClO5. The molecule has 26 heavy (non-hydrogen) atoms. The minimum absolute atomic E-state index is 0.302. The molecular weight excluding hydrogens is 424 g/mol. The molecule has 0 saturated carbocycles. The molecule has 0 amide bonds. The maximum atomic E-state index is 10.6. The molecule has 0 bridgehead atoms. The van der Waals surface area contributed by atoms with Crippen LogP contribution in [-0.2, 0) is 25.6 Å². The summed E-state index contributed by atoms with van der Waals surface area (Å²) in [6.45, 7) is 6.09. The highest BCUT2D eigenvalue weighted by molar-refractivity contribution is 9.10. The molecule has 1 aromatic carbocycles. The van der Waals surface area contributed by atoms with Gasteiger partial charge in [-0.1, -0.05) is 43.5 Å². The van der Waals surface area contributed by atoms with Gasteiger partial charge in [0.15, 0.2) is 12.1 Å². The molecule has 0 unspecified atom stereocenters. The molecule has 2 heterocycles. The molecule has 2 aliphatic rings. The summed E-state index contributed by atoms with van der Waals surface area (Å²) in [6.07, 6.45) is 0.137. The van der Waals surface area contributed by atoms with Crippen LogP contribution in [0.3, 0.4) is 0 Å². The van der Waals surface area contributed by atoms with E-state index in [0.29, 0.717) is 18.1 Å². The van der Waals surface area contributed by atoms with Crippen LogP contribution in [0, 0.1) is 0 Å². The third-order valence-corrected chi connectivity index (χ3v) is 6.06. The minimum Gasteiger partial charge on any atom is -0.390 e. The molecule has 0 radical (unpaired) electrons. The Morgan fingerprint density at radius 2 is 2.12 bits per heavy atom. The van der Waals surface area contributed by atoms with Crippen LogP contribution in [-0.4, -0.2) is 41.6 Å². The van der Waals surface area contributed by atoms with Gasteiger partial charge in [-0.15, -0.1) is 0 Å². The van der Waals surface area contributed by atoms with Crippen molar-refractivity contribution in [3.63, 3.8) is 0 Å². The SMILES string of the molecule is CCCC[C@H](O)[C@H]1O[C@@H]2OC(C)(C)O[C@@H]2[C@H]1OCc1cccc(Br)c1Cl. The first-order chi connectivity index (χ1) is 12.3. The van der Waals surface area contributed by atoms with E-state index in [2.05, 4.69) is 22.9 Å². The maximum absolute atomic E-state index is 10.6. The number of unbranched alkanes of at least 4 members (excludes halogenated alkanes) is 1. The fourth-order valence-electron chi connectivity index (χ4n) is 3.43. The molecule has 2 fully saturated rings. The van der Waals surface area contributed by atoms with Crippen molar-refractivity contribution in [1.29, 1.82) is 0 Å². The number of aliphatic hydroxyl groups is 1. The average molecular weight is 450 g/mol. The summed E-state index contributed by atoms with van der Waals surface area (Å²) < 4.78 is 24.7. The van der Waals surface area contributed by atoms with Crippen LogP contribution in [0.4, 0.5) is 0 Å². The first-order valence-electron chi connectivity index (χ1n) is 9.06. The highest BCUT2D eigenvalue weighted by Gasteiger charge is 2.56. The average Bonchev–Trinajstić information content (AvgIpc) is 3.06. The predicted molar refractivity (Wildman–Crippen MR) is 102 cm³/mol. The van der Waals surface area contributed by atoms with E-state index >= 15 is 0 Å². The van der Waals surface area contributed by atoms with E-state index in [4.69, 9.17) is 30.5 Å². The van der Waals surface area contributed by atoms with Crippen molar-refractivity contribution in [2.24, 2.45) is 0 Å². The number of aliphatic hydroxyl groups excluding tert-OH is 1. The number of halogens is 2. The van der Waals surface area contributed by atoms with E-state index in [0.717, 1.165) is 22.9 Å². The fraction of sp³-hybridized carbons (Fsp3) is 0.684. The van der Waals surface area contributed by atoms with Gasteiger partial charge in [-0.05, 0) is 47.8 Å². The second kappa shape index (κ2) is 8.43. The first kappa shape index (κ1) is 20.5. The smallest absolute Gasteiger partial charge is 0.190 e. The number of hydrogen-bond donors (Lipinski definition) is 1. The lowest BCUT2D eigenvalue weighted by Crippen LogP contribution is -2.42. The number of fused-ring (bicyclic) bond motifs is 1. The zero-order valence-corrected chi connectivity index (χ0v) is 17.6. The number of ether oxygens (including phenoxy) is 4. The number of hydrogen-bond acceptors (Lipinski definition) is 5. The lowest BCUT2D eigenvalue weighted by Gasteiger charge is -2.28. The molecule has 7 heteroatoms. The van der Waals surface area contributed by atoms with Crippen molar-refractivity contribution < 1.29 is 24.1 Å². The highest BCUT2D eigenvalue weighted by Crippen LogP contribution is 2.40. The van der Waals surface area contributed by atoms with Crippen molar-refractivity contribution in [1.82, 2.24) is 0 Å². The summed E-state index contributed by atoms with van der Waals surface area (Å²) in [5, 5.41) is 11.2. The van der Waals surface area contributed by atoms with Gasteiger partial charge in [-0.3, -0.25) is 0 Å². The molecule has 5 atom stereocenters. The van der Waals surface area contributed by atoms with Crippen molar-refractivity contribution in [3.8, 4) is 0 Å². The summed E-state index contributed by atoms with van der Waals surface area (Å²) >= 11 is 9.77. The Morgan fingerprint density at radius 3 is 2.85 bits per heavy atom. The quantitative estimate of drug-likeness (QED) is 0.668. The van der Waals surface area contributed by atoms with Gasteiger partial charge in [-0.25, -0.2) is 0 Å². The molecule has 2 aliphatic heterocycles. The number of rotatable bonds is 7. The van der Waals surface area contributed by atoms with Crippen LogP contribution in [0.5, 0.6) is 0 Å². The van der Waals surface area contributed by atoms with Crippen LogP contribution in [0.15, 0.2) is 22.7 Å². The Hall–Kier alpha value is -0.210. The second-order valence-electron chi connectivity index (χ2n) is 7.27. The minimum atomic E-state index is -0.732. The van der Waals surface area contributed by atoms with Crippen molar-refractivity contribution in [2.75, 3.05) is 0 Å². The molecule has 0 spiro atoms. The van der Waals surface area contributed by atoms with Crippen LogP contribution in [0.2, 0.25) is 5.02 Å². The van der Waals surface area contributed by atoms with Gasteiger partial charge >= 0.3 is 0 Å². The van der Waals surface area contributed by atoms with Gasteiger partial charge in [-0.2, -0.15) is 0 Å². The molecule has 1 N–H and O–H groups in total. The standard InChI is InChI=1S/C19H26BrClO5/c1-4-5-9-13(22)15-16(17-18(24-15)26-19(2,3)25-17)23-10-11-7-6-8-12(20)14(11)21/h6-8,13,15-18,22H,4-5,9-10H2,1-3H3/t13-,15+,16-,17+,18+/m0/s1. The highest BCUT2D eigenvalue weighted by atomic mass is 79.9. The fourth-order valence-corrected chi connectivity index (χ4v) is 4.01. The van der Waals surface area contributed by atoms with E-state index in [-0.39, 0.29) is 6.10 Å². The Balaban J connectivity index is 1.73. The summed E-state index contributed by atoms with van der Waals surface area (Å²) in [5.41, 5.74) is 0.865. The van der Waals surface area contributed by atoms with E-state index < -0.39 is 30.4 Å². The molecule has 0 aromatic heterocycles. The lowest BCUT2D eigenvalue weighted by atomic mass is 10.0. The molecule has 5 nitrogen and oxygen atoms in total. The van der Waals surface area contributed by atoms with Crippen LogP contribution >= 0.6 is 27.5 Å². The normalized spacial score (nSPS) is 31.2. The van der Waals surface area contributed by atoms with Gasteiger partial charge in [0.1, 0.15) is 18.3 Å². The van der Waals surface area contributed by atoms with E-state index in [1.165, 1.54) is 0 Å². The van der Waals surface area contributed by atoms with Gasteiger partial charge < -0.3 is 24.1 Å². The molecule has 1 aromatic rings. The molecule has 146 valence electrons. The molecule has 2 saturated heterocycles. The van der Waals surface area contributed by atoms with Crippen molar-refractivity contribution >= 4 is 27.5 Å². The van der Waals surface area contributed by atoms with Crippen LogP contribution in [0.25, 0.3) is 0 Å². The monoisotopic (exact) mass is 448 g/mol. The maximum Gasteiger partial charge on any atom is 0.190 e. The topological polar surface area (TPSA) is 57.2 Å². The van der Waals surface area contributed by atoms with Gasteiger partial charge in [0.05, 0.1) is 17.7 Å². The molecule has 0 aliphatic carbocycles. The summed E-state index contributed by atoms with van der Waals surface area (Å²) in [4.78, 5) is 0. The zero-order valence-electron chi connectivity index (χ0n) is 15.3. The number of benzene rings is 1. The summed E-state index contributed by atoms with van der Waals surface area (Å²) in [5.74, 6) is -0.732. The first-order valence-corrected chi connectivity index (χ1v) is 10.2. The van der Waals surface area contributed by atoms with Crippen LogP contribution < -0.4 is 0 Å². The van der Waals surface area contributed by atoms with Gasteiger partial charge in [0, 0.05) is 4.47 Å². The van der Waals surface area contributed by atoms with Crippen molar-refractivity contribution in [2.45, 2.75) is 83.1 Å². The Kier molecular flexibility index (Phi) is 6.66. The van der Waals surface area contributed by atoms with E-state index in [1.807, 2.05) is 32.0 Å². The largest absolute Gasteiger partial charge is 0.390 e. The Labute approximate surface area is 168 Å². The third kappa shape index (κ3) is 4.43. The van der Waals surface area contributed by atoms with E-state index in [1.54, 1.807) is 0 Å². The Bertz CT molecular complexity index is 626. The summed E-state index contributed by atoms with van der Waals surface area (Å²) in [6, 6.07) is 5.71. The zero-order chi connectivity index (χ0) is 18.9. The lowest BCUT2D eigenvalue weighted by molar-refractivity contribution is -0.230. The van der Waals surface area contributed by atoms with Crippen molar-refractivity contribution in [3.05, 3.63) is 33.3 Å². The Morgan fingerprint density at radius 1 is 1.35 bits per heavy atom.